The Balaban J connectivity index is 1.79. The fourth-order valence-corrected chi connectivity index (χ4v) is 3.41. The molecule has 2 heterocycles. The van der Waals surface area contributed by atoms with Gasteiger partial charge in [-0.3, -0.25) is 0 Å². The Morgan fingerprint density at radius 1 is 1.18 bits per heavy atom. The zero-order chi connectivity index (χ0) is 19.7. The SMILES string of the molecule is COc1ccc(-c2cnc(NCc3nccn3C)c3cccc(C)c23)cc1F. The molecule has 2 aromatic heterocycles. The Morgan fingerprint density at radius 2 is 2.04 bits per heavy atom. The number of rotatable bonds is 5. The van der Waals surface area contributed by atoms with Gasteiger partial charge in [0.25, 0.3) is 0 Å². The van der Waals surface area contributed by atoms with Gasteiger partial charge in [-0.2, -0.15) is 0 Å². The van der Waals surface area contributed by atoms with E-state index < -0.39 is 5.82 Å². The monoisotopic (exact) mass is 376 g/mol. The molecule has 4 aromatic rings. The summed E-state index contributed by atoms with van der Waals surface area (Å²) in [6, 6.07) is 11.1. The second-order valence-corrected chi connectivity index (χ2v) is 6.68. The van der Waals surface area contributed by atoms with Crippen LogP contribution in [0.15, 0.2) is 55.0 Å². The highest BCUT2D eigenvalue weighted by Crippen LogP contribution is 2.35. The summed E-state index contributed by atoms with van der Waals surface area (Å²) < 4.78 is 21.3. The lowest BCUT2D eigenvalue weighted by Gasteiger charge is -2.15. The van der Waals surface area contributed by atoms with Crippen molar-refractivity contribution in [1.29, 1.82) is 0 Å². The van der Waals surface area contributed by atoms with Crippen molar-refractivity contribution in [3.05, 3.63) is 72.2 Å². The van der Waals surface area contributed by atoms with E-state index in [1.54, 1.807) is 18.5 Å². The lowest BCUT2D eigenvalue weighted by molar-refractivity contribution is 0.386. The number of anilines is 1. The topological polar surface area (TPSA) is 52.0 Å². The van der Waals surface area contributed by atoms with Crippen molar-refractivity contribution in [2.45, 2.75) is 13.5 Å². The molecule has 4 rings (SSSR count). The van der Waals surface area contributed by atoms with Crippen molar-refractivity contribution in [3.63, 3.8) is 0 Å². The van der Waals surface area contributed by atoms with Crippen LogP contribution in [0.25, 0.3) is 21.9 Å². The summed E-state index contributed by atoms with van der Waals surface area (Å²) in [5, 5.41) is 5.41. The van der Waals surface area contributed by atoms with Crippen LogP contribution in [-0.4, -0.2) is 21.6 Å². The van der Waals surface area contributed by atoms with Gasteiger partial charge in [0.05, 0.1) is 13.7 Å². The molecule has 0 amide bonds. The van der Waals surface area contributed by atoms with Crippen LogP contribution in [0.1, 0.15) is 11.4 Å². The molecule has 0 spiro atoms. The van der Waals surface area contributed by atoms with E-state index in [9.17, 15) is 4.39 Å². The molecule has 2 aromatic carbocycles. The summed E-state index contributed by atoms with van der Waals surface area (Å²) in [5.74, 6) is 1.54. The molecule has 28 heavy (non-hydrogen) atoms. The molecule has 0 fully saturated rings. The Hall–Kier alpha value is -3.41. The van der Waals surface area contributed by atoms with Gasteiger partial charge >= 0.3 is 0 Å². The number of halogens is 1. The molecule has 6 heteroatoms. The van der Waals surface area contributed by atoms with Crippen molar-refractivity contribution < 1.29 is 9.13 Å². The molecule has 0 saturated heterocycles. The number of fused-ring (bicyclic) bond motifs is 1. The summed E-state index contributed by atoms with van der Waals surface area (Å²) in [5.41, 5.74) is 2.75. The number of aromatic nitrogens is 3. The van der Waals surface area contributed by atoms with Crippen LogP contribution >= 0.6 is 0 Å². The lowest BCUT2D eigenvalue weighted by atomic mass is 9.96. The molecule has 0 aliphatic rings. The van der Waals surface area contributed by atoms with Crippen molar-refractivity contribution in [3.8, 4) is 16.9 Å². The highest BCUT2D eigenvalue weighted by atomic mass is 19.1. The maximum absolute atomic E-state index is 14.3. The summed E-state index contributed by atoms with van der Waals surface area (Å²) in [6.45, 7) is 2.62. The van der Waals surface area contributed by atoms with E-state index >= 15 is 0 Å². The van der Waals surface area contributed by atoms with Crippen molar-refractivity contribution in [2.24, 2.45) is 7.05 Å². The molecule has 0 radical (unpaired) electrons. The Bertz CT molecular complexity index is 1150. The Labute approximate surface area is 162 Å². The number of benzene rings is 2. The first kappa shape index (κ1) is 18.0. The van der Waals surface area contributed by atoms with Gasteiger partial charge in [-0.25, -0.2) is 14.4 Å². The van der Waals surface area contributed by atoms with Crippen molar-refractivity contribution >= 4 is 16.6 Å². The van der Waals surface area contributed by atoms with Gasteiger partial charge in [-0.15, -0.1) is 0 Å². The quantitative estimate of drug-likeness (QED) is 0.548. The van der Waals surface area contributed by atoms with E-state index in [2.05, 4.69) is 15.3 Å². The fourth-order valence-electron chi connectivity index (χ4n) is 3.41. The molecule has 0 saturated carbocycles. The maximum atomic E-state index is 14.3. The number of imidazole rings is 1. The number of hydrogen-bond donors (Lipinski definition) is 1. The molecular formula is C22H21FN4O. The molecule has 0 bridgehead atoms. The minimum Gasteiger partial charge on any atom is -0.494 e. The van der Waals surface area contributed by atoms with Gasteiger partial charge in [-0.05, 0) is 35.6 Å². The van der Waals surface area contributed by atoms with Gasteiger partial charge in [0.2, 0.25) is 0 Å². The minimum absolute atomic E-state index is 0.228. The Kier molecular flexibility index (Phi) is 4.69. The molecule has 0 atom stereocenters. The molecule has 1 N–H and O–H groups in total. The zero-order valence-electron chi connectivity index (χ0n) is 16.0. The number of pyridine rings is 1. The average molecular weight is 376 g/mol. The van der Waals surface area contributed by atoms with Crippen LogP contribution in [0.5, 0.6) is 5.75 Å². The predicted octanol–water partition coefficient (Wildman–Crippen LogP) is 4.70. The number of nitrogens with one attached hydrogen (secondary N) is 1. The highest BCUT2D eigenvalue weighted by molar-refractivity contribution is 6.03. The molecule has 5 nitrogen and oxygen atoms in total. The number of ether oxygens (including phenoxy) is 1. The van der Waals surface area contributed by atoms with E-state index in [1.807, 2.05) is 49.0 Å². The first-order valence-corrected chi connectivity index (χ1v) is 9.01. The molecule has 142 valence electrons. The van der Waals surface area contributed by atoms with Gasteiger partial charge in [0.1, 0.15) is 11.6 Å². The first-order chi connectivity index (χ1) is 13.6. The third-order valence-corrected chi connectivity index (χ3v) is 4.92. The van der Waals surface area contributed by atoms with Gasteiger partial charge in [0, 0.05) is 36.6 Å². The highest BCUT2D eigenvalue weighted by Gasteiger charge is 2.13. The minimum atomic E-state index is -0.390. The summed E-state index contributed by atoms with van der Waals surface area (Å²) in [7, 11) is 3.42. The Morgan fingerprint density at radius 3 is 2.75 bits per heavy atom. The molecule has 0 aliphatic carbocycles. The predicted molar refractivity (Wildman–Crippen MR) is 109 cm³/mol. The van der Waals surface area contributed by atoms with Gasteiger partial charge < -0.3 is 14.6 Å². The van der Waals surface area contributed by atoms with E-state index in [1.165, 1.54) is 13.2 Å². The summed E-state index contributed by atoms with van der Waals surface area (Å²) >= 11 is 0. The standard InChI is InChI=1S/C22H21FN4O/c1-14-5-4-6-16-21(14)17(15-7-8-19(28-3)18(23)11-15)12-25-22(16)26-13-20-24-9-10-27(20)2/h4-12H,13H2,1-3H3,(H,25,26). The van der Waals surface area contributed by atoms with Crippen LogP contribution < -0.4 is 10.1 Å². The van der Waals surface area contributed by atoms with Gasteiger partial charge in [0.15, 0.2) is 11.6 Å². The largest absolute Gasteiger partial charge is 0.494 e. The van der Waals surface area contributed by atoms with E-state index in [4.69, 9.17) is 4.74 Å². The zero-order valence-corrected chi connectivity index (χ0v) is 16.0. The van der Waals surface area contributed by atoms with Crippen LogP contribution in [0.4, 0.5) is 10.2 Å². The number of hydrogen-bond acceptors (Lipinski definition) is 4. The normalized spacial score (nSPS) is 11.0. The van der Waals surface area contributed by atoms with Crippen LogP contribution in [-0.2, 0) is 13.6 Å². The smallest absolute Gasteiger partial charge is 0.165 e. The number of methoxy groups -OCH3 is 1. The second kappa shape index (κ2) is 7.31. The summed E-state index contributed by atoms with van der Waals surface area (Å²) in [6.07, 6.45) is 5.47. The summed E-state index contributed by atoms with van der Waals surface area (Å²) in [4.78, 5) is 8.96. The first-order valence-electron chi connectivity index (χ1n) is 9.01. The third-order valence-electron chi connectivity index (χ3n) is 4.92. The van der Waals surface area contributed by atoms with E-state index in [0.29, 0.717) is 6.54 Å². The van der Waals surface area contributed by atoms with E-state index in [-0.39, 0.29) is 5.75 Å². The van der Waals surface area contributed by atoms with Crippen molar-refractivity contribution in [2.75, 3.05) is 12.4 Å². The van der Waals surface area contributed by atoms with Crippen LogP contribution in [0.3, 0.4) is 0 Å². The maximum Gasteiger partial charge on any atom is 0.165 e. The number of nitrogens with zero attached hydrogens (tertiary/aromatic N) is 3. The fraction of sp³-hybridized carbons (Fsp3) is 0.182. The van der Waals surface area contributed by atoms with Gasteiger partial charge in [-0.1, -0.05) is 24.3 Å². The van der Waals surface area contributed by atoms with Crippen molar-refractivity contribution in [1.82, 2.24) is 14.5 Å². The molecule has 0 aliphatic heterocycles. The average Bonchev–Trinajstić information content (AvgIpc) is 3.11. The molecule has 0 unspecified atom stereocenters. The lowest BCUT2D eigenvalue weighted by Crippen LogP contribution is -2.07. The van der Waals surface area contributed by atoms with Crippen LogP contribution in [0, 0.1) is 12.7 Å². The van der Waals surface area contributed by atoms with Crippen LogP contribution in [0.2, 0.25) is 0 Å². The third kappa shape index (κ3) is 3.17. The van der Waals surface area contributed by atoms with E-state index in [0.717, 1.165) is 39.1 Å². The number of aryl methyl sites for hydroxylation is 2. The molecular weight excluding hydrogens is 355 g/mol. The second-order valence-electron chi connectivity index (χ2n) is 6.68.